The van der Waals surface area contributed by atoms with Crippen LogP contribution in [0.2, 0.25) is 0 Å². The zero-order chi connectivity index (χ0) is 27.6. The van der Waals surface area contributed by atoms with E-state index >= 15 is 0 Å². The minimum absolute atomic E-state index is 0.262. The maximum atomic E-state index is 13.9. The van der Waals surface area contributed by atoms with Crippen LogP contribution in [0.5, 0.6) is 0 Å². The first kappa shape index (κ1) is 29.9. The lowest BCUT2D eigenvalue weighted by Gasteiger charge is -2.33. The van der Waals surface area contributed by atoms with Gasteiger partial charge in [-0.15, -0.1) is 0 Å². The van der Waals surface area contributed by atoms with E-state index in [2.05, 4.69) is 17.6 Å². The number of alkyl carbamates (subject to hydrolysis) is 1. The molecule has 0 heterocycles. The number of anilines is 1. The SMILES string of the molecule is CCCCCCN(C(=O)CNC(=O)OC(C)(C)C)C(C(=O)Nc1ccccc1C)c1cc(C)ccc1C. The number of amides is 3. The van der Waals surface area contributed by atoms with Gasteiger partial charge in [-0.1, -0.05) is 68.1 Å². The summed E-state index contributed by atoms with van der Waals surface area (Å²) in [6, 6.07) is 12.6. The molecule has 0 aromatic heterocycles. The molecule has 0 saturated carbocycles. The number of hydrogen-bond acceptors (Lipinski definition) is 4. The summed E-state index contributed by atoms with van der Waals surface area (Å²) in [5.74, 6) is -0.627. The van der Waals surface area contributed by atoms with Crippen LogP contribution in [0.3, 0.4) is 0 Å². The quantitative estimate of drug-likeness (QED) is 0.352. The van der Waals surface area contributed by atoms with E-state index in [-0.39, 0.29) is 18.4 Å². The van der Waals surface area contributed by atoms with E-state index in [0.717, 1.165) is 47.9 Å². The van der Waals surface area contributed by atoms with Gasteiger partial charge in [0.15, 0.2) is 0 Å². The van der Waals surface area contributed by atoms with E-state index in [0.29, 0.717) is 12.2 Å². The van der Waals surface area contributed by atoms with Gasteiger partial charge in [-0.05, 0) is 70.7 Å². The summed E-state index contributed by atoms with van der Waals surface area (Å²) < 4.78 is 5.30. The Morgan fingerprint density at radius 1 is 0.946 bits per heavy atom. The smallest absolute Gasteiger partial charge is 0.408 e. The molecular formula is C30H43N3O4. The summed E-state index contributed by atoms with van der Waals surface area (Å²) in [5.41, 5.74) is 3.64. The highest BCUT2D eigenvalue weighted by Crippen LogP contribution is 2.28. The second-order valence-electron chi connectivity index (χ2n) is 10.6. The third-order valence-corrected chi connectivity index (χ3v) is 6.05. The molecule has 37 heavy (non-hydrogen) atoms. The van der Waals surface area contributed by atoms with Gasteiger partial charge < -0.3 is 20.3 Å². The third kappa shape index (κ3) is 9.56. The number of benzene rings is 2. The van der Waals surface area contributed by atoms with Gasteiger partial charge in [0.2, 0.25) is 5.91 Å². The number of carbonyl (C=O) groups is 3. The Kier molecular flexibility index (Phi) is 11.2. The van der Waals surface area contributed by atoms with Crippen LogP contribution in [-0.2, 0) is 14.3 Å². The molecule has 0 radical (unpaired) electrons. The number of carbonyl (C=O) groups excluding carboxylic acids is 3. The van der Waals surface area contributed by atoms with Crippen molar-refractivity contribution in [1.29, 1.82) is 0 Å². The highest BCUT2D eigenvalue weighted by Gasteiger charge is 2.33. The summed E-state index contributed by atoms with van der Waals surface area (Å²) in [5, 5.41) is 5.61. The molecule has 202 valence electrons. The van der Waals surface area contributed by atoms with Gasteiger partial charge >= 0.3 is 6.09 Å². The molecule has 1 atom stereocenters. The van der Waals surface area contributed by atoms with Gasteiger partial charge in [-0.25, -0.2) is 4.79 Å². The number of hydrogen-bond donors (Lipinski definition) is 2. The lowest BCUT2D eigenvalue weighted by Crippen LogP contribution is -2.47. The van der Waals surface area contributed by atoms with E-state index in [9.17, 15) is 14.4 Å². The van der Waals surface area contributed by atoms with Crippen molar-refractivity contribution in [3.05, 3.63) is 64.7 Å². The number of nitrogens with one attached hydrogen (secondary N) is 2. The zero-order valence-corrected chi connectivity index (χ0v) is 23.4. The highest BCUT2D eigenvalue weighted by molar-refractivity contribution is 5.99. The number of para-hydroxylation sites is 1. The van der Waals surface area contributed by atoms with Gasteiger partial charge in [0.25, 0.3) is 5.91 Å². The monoisotopic (exact) mass is 509 g/mol. The molecule has 0 fully saturated rings. The van der Waals surface area contributed by atoms with E-state index in [1.807, 2.05) is 63.2 Å². The molecular weight excluding hydrogens is 466 g/mol. The number of nitrogens with zero attached hydrogens (tertiary/aromatic N) is 1. The van der Waals surface area contributed by atoms with Gasteiger partial charge in [0, 0.05) is 12.2 Å². The molecule has 0 bridgehead atoms. The summed E-state index contributed by atoms with van der Waals surface area (Å²) in [6.45, 7) is 13.4. The van der Waals surface area contributed by atoms with Crippen LogP contribution in [0.25, 0.3) is 0 Å². The van der Waals surface area contributed by atoms with Crippen LogP contribution in [0.15, 0.2) is 42.5 Å². The standard InChI is InChI=1S/C30H43N3O4/c1-8-9-10-13-18-33(26(34)20-31-29(36)37-30(5,6)7)27(24-19-21(2)16-17-22(24)3)28(35)32-25-15-12-11-14-23(25)4/h11-12,14-17,19,27H,8-10,13,18,20H2,1-7H3,(H,31,36)(H,32,35). The number of aryl methyl sites for hydroxylation is 3. The van der Waals surface area contributed by atoms with Crippen LogP contribution >= 0.6 is 0 Å². The molecule has 2 N–H and O–H groups in total. The number of ether oxygens (including phenoxy) is 1. The van der Waals surface area contributed by atoms with Crippen LogP contribution < -0.4 is 10.6 Å². The third-order valence-electron chi connectivity index (χ3n) is 6.05. The maximum Gasteiger partial charge on any atom is 0.408 e. The van der Waals surface area contributed by atoms with Gasteiger partial charge in [-0.2, -0.15) is 0 Å². The van der Waals surface area contributed by atoms with E-state index in [1.165, 1.54) is 0 Å². The lowest BCUT2D eigenvalue weighted by molar-refractivity contribution is -0.138. The molecule has 2 aromatic rings. The molecule has 0 aliphatic heterocycles. The summed E-state index contributed by atoms with van der Waals surface area (Å²) >= 11 is 0. The molecule has 0 aliphatic rings. The van der Waals surface area contributed by atoms with Crippen molar-refractivity contribution in [2.45, 2.75) is 85.8 Å². The van der Waals surface area contributed by atoms with Crippen molar-refractivity contribution in [2.24, 2.45) is 0 Å². The Morgan fingerprint density at radius 2 is 1.65 bits per heavy atom. The second-order valence-corrected chi connectivity index (χ2v) is 10.6. The van der Waals surface area contributed by atoms with Crippen molar-refractivity contribution < 1.29 is 19.1 Å². The molecule has 7 heteroatoms. The fourth-order valence-corrected chi connectivity index (χ4v) is 4.09. The van der Waals surface area contributed by atoms with Crippen LogP contribution in [0.1, 0.15) is 81.7 Å². The number of unbranched alkanes of at least 4 members (excludes halogenated alkanes) is 3. The Hall–Kier alpha value is -3.35. The number of rotatable bonds is 11. The summed E-state index contributed by atoms with van der Waals surface area (Å²) in [4.78, 5) is 41.3. The maximum absolute atomic E-state index is 13.9. The Morgan fingerprint density at radius 3 is 2.30 bits per heavy atom. The first-order valence-electron chi connectivity index (χ1n) is 13.1. The fourth-order valence-electron chi connectivity index (χ4n) is 4.09. The molecule has 0 aliphatic carbocycles. The van der Waals surface area contributed by atoms with E-state index < -0.39 is 17.7 Å². The van der Waals surface area contributed by atoms with Crippen LogP contribution in [-0.4, -0.2) is 41.5 Å². The van der Waals surface area contributed by atoms with Gasteiger partial charge in [0.05, 0.1) is 0 Å². The van der Waals surface area contributed by atoms with Gasteiger partial charge in [0.1, 0.15) is 18.2 Å². The summed E-state index contributed by atoms with van der Waals surface area (Å²) in [6.07, 6.45) is 3.13. The van der Waals surface area contributed by atoms with Crippen molar-refractivity contribution in [3.63, 3.8) is 0 Å². The largest absolute Gasteiger partial charge is 0.444 e. The fraction of sp³-hybridized carbons (Fsp3) is 0.500. The van der Waals surface area contributed by atoms with Crippen LogP contribution in [0, 0.1) is 20.8 Å². The predicted molar refractivity (Wildman–Crippen MR) is 149 cm³/mol. The van der Waals surface area contributed by atoms with Gasteiger partial charge in [-0.3, -0.25) is 9.59 Å². The average Bonchev–Trinajstić information content (AvgIpc) is 2.81. The molecule has 2 rings (SSSR count). The lowest BCUT2D eigenvalue weighted by atomic mass is 9.96. The molecule has 0 spiro atoms. The molecule has 0 saturated heterocycles. The Labute approximate surface area is 222 Å². The predicted octanol–water partition coefficient (Wildman–Crippen LogP) is 6.23. The molecule has 1 unspecified atom stereocenters. The van der Waals surface area contributed by atoms with E-state index in [1.54, 1.807) is 25.7 Å². The second kappa shape index (κ2) is 13.8. The van der Waals surface area contributed by atoms with E-state index in [4.69, 9.17) is 4.74 Å². The topological polar surface area (TPSA) is 87.7 Å². The van der Waals surface area contributed by atoms with Crippen molar-refractivity contribution in [3.8, 4) is 0 Å². The first-order valence-corrected chi connectivity index (χ1v) is 13.1. The Bertz CT molecular complexity index is 1070. The van der Waals surface area contributed by atoms with Crippen molar-refractivity contribution >= 4 is 23.6 Å². The normalized spacial score (nSPS) is 12.0. The Balaban J connectivity index is 2.43. The summed E-state index contributed by atoms with van der Waals surface area (Å²) in [7, 11) is 0. The highest BCUT2D eigenvalue weighted by atomic mass is 16.6. The minimum Gasteiger partial charge on any atom is -0.444 e. The van der Waals surface area contributed by atoms with Crippen molar-refractivity contribution in [1.82, 2.24) is 10.2 Å². The average molecular weight is 510 g/mol. The minimum atomic E-state index is -0.853. The van der Waals surface area contributed by atoms with Crippen molar-refractivity contribution in [2.75, 3.05) is 18.4 Å². The molecule has 7 nitrogen and oxygen atoms in total. The van der Waals surface area contributed by atoms with Crippen LogP contribution in [0.4, 0.5) is 10.5 Å². The zero-order valence-electron chi connectivity index (χ0n) is 23.4. The molecule has 3 amide bonds. The molecule has 2 aromatic carbocycles. The first-order chi connectivity index (χ1) is 17.4.